The Kier molecular flexibility index (Phi) is 5.77. The van der Waals surface area contributed by atoms with Crippen molar-refractivity contribution in [1.29, 1.82) is 0 Å². The van der Waals surface area contributed by atoms with Crippen molar-refractivity contribution in [3.05, 3.63) is 106 Å². The number of ether oxygens (including phenoxy) is 1. The lowest BCUT2D eigenvalue weighted by Gasteiger charge is -2.24. The topological polar surface area (TPSA) is 104 Å². The summed E-state index contributed by atoms with van der Waals surface area (Å²) in [4.78, 5) is 42.0. The molecule has 0 amide bonds. The van der Waals surface area contributed by atoms with Crippen LogP contribution in [0.3, 0.4) is 0 Å². The fourth-order valence-corrected chi connectivity index (χ4v) is 4.83. The van der Waals surface area contributed by atoms with Crippen LogP contribution in [-0.2, 0) is 9.53 Å². The summed E-state index contributed by atoms with van der Waals surface area (Å²) in [6.07, 6.45) is 1.64. The molecule has 1 unspecified atom stereocenters. The number of carbonyl (C=O) groups is 1. The summed E-state index contributed by atoms with van der Waals surface area (Å²) < 4.78 is 6.55. The second kappa shape index (κ2) is 8.52. The maximum absolute atomic E-state index is 13.5. The average Bonchev–Trinajstić information content (AvgIpc) is 3.08. The van der Waals surface area contributed by atoms with Crippen molar-refractivity contribution < 1.29 is 14.5 Å². The van der Waals surface area contributed by atoms with Gasteiger partial charge in [-0.3, -0.25) is 19.5 Å². The quantitative estimate of drug-likeness (QED) is 0.332. The number of thiazole rings is 1. The number of para-hydroxylation sites is 1. The summed E-state index contributed by atoms with van der Waals surface area (Å²) in [6, 6.07) is 12.0. The molecular weight excluding hydrogens is 454 g/mol. The van der Waals surface area contributed by atoms with E-state index in [1.807, 2.05) is 0 Å². The van der Waals surface area contributed by atoms with E-state index in [1.54, 1.807) is 43.3 Å². The van der Waals surface area contributed by atoms with E-state index < -0.39 is 22.5 Å². The Morgan fingerprint density at radius 1 is 1.25 bits per heavy atom. The molecule has 0 aliphatic carbocycles. The number of hydrogen-bond donors (Lipinski definition) is 0. The van der Waals surface area contributed by atoms with Crippen LogP contribution < -0.4 is 14.9 Å². The monoisotopic (exact) mass is 469 g/mol. The molecular formula is C22H16ClN3O5S. The number of fused-ring (bicyclic) bond motifs is 1. The van der Waals surface area contributed by atoms with Crippen LogP contribution in [0.1, 0.15) is 24.1 Å². The van der Waals surface area contributed by atoms with Crippen molar-refractivity contribution in [2.75, 3.05) is 7.11 Å². The molecule has 162 valence electrons. The molecule has 8 nitrogen and oxygen atoms in total. The fraction of sp³-hybridized carbons (Fsp3) is 0.136. The van der Waals surface area contributed by atoms with Crippen LogP contribution >= 0.6 is 22.9 Å². The molecule has 3 aromatic rings. The average molecular weight is 470 g/mol. The molecule has 0 bridgehead atoms. The largest absolute Gasteiger partial charge is 0.466 e. The first-order chi connectivity index (χ1) is 15.3. The Bertz CT molecular complexity index is 1470. The van der Waals surface area contributed by atoms with Gasteiger partial charge in [-0.25, -0.2) is 9.79 Å². The van der Waals surface area contributed by atoms with Gasteiger partial charge in [0.1, 0.15) is 6.04 Å². The second-order valence-electron chi connectivity index (χ2n) is 6.91. The lowest BCUT2D eigenvalue weighted by molar-refractivity contribution is -0.385. The Hall–Kier alpha value is -3.56. The minimum absolute atomic E-state index is 0.0680. The SMILES string of the molecule is COC(=O)C1=C(C)N=c2sc(=Cc3ccccc3Cl)c(=O)n2C1c1ccccc1[N+](=O)[O-]. The van der Waals surface area contributed by atoms with Gasteiger partial charge in [-0.15, -0.1) is 0 Å². The zero-order chi connectivity index (χ0) is 23.0. The van der Waals surface area contributed by atoms with E-state index in [2.05, 4.69) is 4.99 Å². The molecule has 1 aliphatic heterocycles. The van der Waals surface area contributed by atoms with Crippen LogP contribution in [0.2, 0.25) is 5.02 Å². The summed E-state index contributed by atoms with van der Waals surface area (Å²) in [5.74, 6) is -0.713. The third-order valence-corrected chi connectivity index (χ3v) is 6.37. The first-order valence-corrected chi connectivity index (χ1v) is 10.6. The lowest BCUT2D eigenvalue weighted by Crippen LogP contribution is -2.40. The van der Waals surface area contributed by atoms with Crippen LogP contribution in [0.25, 0.3) is 6.08 Å². The van der Waals surface area contributed by atoms with Gasteiger partial charge in [-0.05, 0) is 30.7 Å². The zero-order valence-electron chi connectivity index (χ0n) is 16.9. The van der Waals surface area contributed by atoms with Crippen LogP contribution in [0.5, 0.6) is 0 Å². The van der Waals surface area contributed by atoms with Crippen LogP contribution in [0.15, 0.2) is 69.6 Å². The van der Waals surface area contributed by atoms with Crippen molar-refractivity contribution in [3.63, 3.8) is 0 Å². The number of nitro benzene ring substituents is 1. The van der Waals surface area contributed by atoms with Crippen LogP contribution in [-0.4, -0.2) is 22.6 Å². The van der Waals surface area contributed by atoms with Crippen molar-refractivity contribution in [2.24, 2.45) is 4.99 Å². The van der Waals surface area contributed by atoms with E-state index >= 15 is 0 Å². The van der Waals surface area contributed by atoms with E-state index in [9.17, 15) is 19.7 Å². The minimum Gasteiger partial charge on any atom is -0.466 e. The number of nitro groups is 1. The maximum atomic E-state index is 13.5. The molecule has 1 atom stereocenters. The standard InChI is InChI=1S/C22H16ClN3O5S/c1-12-18(21(28)31-2)19(14-8-4-6-10-16(14)26(29)30)25-20(27)17(32-22(25)24-12)11-13-7-3-5-9-15(13)23/h3-11,19H,1-2H3. The summed E-state index contributed by atoms with van der Waals surface area (Å²) in [5, 5.41) is 12.2. The number of allylic oxidation sites excluding steroid dienone is 1. The van der Waals surface area contributed by atoms with Gasteiger partial charge in [-0.2, -0.15) is 0 Å². The summed E-state index contributed by atoms with van der Waals surface area (Å²) >= 11 is 7.35. The molecule has 4 rings (SSSR count). The number of rotatable bonds is 4. The summed E-state index contributed by atoms with van der Waals surface area (Å²) in [7, 11) is 1.21. The molecule has 0 radical (unpaired) electrons. The highest BCUT2D eigenvalue weighted by Gasteiger charge is 2.36. The summed E-state index contributed by atoms with van der Waals surface area (Å²) in [5.41, 5.74) is 0.576. The Morgan fingerprint density at radius 3 is 2.62 bits per heavy atom. The predicted octanol–water partition coefficient (Wildman–Crippen LogP) is 2.97. The number of esters is 1. The Labute approximate surface area is 190 Å². The van der Waals surface area contributed by atoms with Gasteiger partial charge in [0.2, 0.25) is 0 Å². The minimum atomic E-state index is -1.06. The molecule has 32 heavy (non-hydrogen) atoms. The molecule has 0 spiro atoms. The summed E-state index contributed by atoms with van der Waals surface area (Å²) in [6.45, 7) is 1.61. The van der Waals surface area contributed by atoms with Gasteiger partial charge < -0.3 is 4.74 Å². The number of methoxy groups -OCH3 is 1. The number of aromatic nitrogens is 1. The van der Waals surface area contributed by atoms with Crippen LogP contribution in [0, 0.1) is 10.1 Å². The molecule has 1 aromatic heterocycles. The second-order valence-corrected chi connectivity index (χ2v) is 8.33. The zero-order valence-corrected chi connectivity index (χ0v) is 18.5. The van der Waals surface area contributed by atoms with E-state index in [4.69, 9.17) is 16.3 Å². The number of hydrogen-bond acceptors (Lipinski definition) is 7. The molecule has 2 heterocycles. The number of halogens is 1. The van der Waals surface area contributed by atoms with Gasteiger partial charge >= 0.3 is 5.97 Å². The van der Waals surface area contributed by atoms with Crippen molar-refractivity contribution >= 4 is 40.7 Å². The normalized spacial score (nSPS) is 15.8. The predicted molar refractivity (Wildman–Crippen MR) is 120 cm³/mol. The van der Waals surface area contributed by atoms with Crippen molar-refractivity contribution in [1.82, 2.24) is 4.57 Å². The fourth-order valence-electron chi connectivity index (χ4n) is 3.61. The molecule has 0 fully saturated rings. The van der Waals surface area contributed by atoms with Gasteiger partial charge in [0.05, 0.1) is 33.4 Å². The lowest BCUT2D eigenvalue weighted by atomic mass is 9.94. The van der Waals surface area contributed by atoms with E-state index in [-0.39, 0.29) is 16.8 Å². The molecule has 1 aliphatic rings. The molecule has 2 aromatic carbocycles. The first-order valence-electron chi connectivity index (χ1n) is 9.42. The highest BCUT2D eigenvalue weighted by molar-refractivity contribution is 7.07. The molecule has 0 saturated carbocycles. The smallest absolute Gasteiger partial charge is 0.338 e. The van der Waals surface area contributed by atoms with Gasteiger partial charge in [-0.1, -0.05) is 53.3 Å². The Balaban J connectivity index is 2.05. The molecule has 10 heteroatoms. The maximum Gasteiger partial charge on any atom is 0.338 e. The molecule has 0 saturated heterocycles. The number of nitrogens with zero attached hydrogens (tertiary/aromatic N) is 3. The van der Waals surface area contributed by atoms with Crippen molar-refractivity contribution in [3.8, 4) is 0 Å². The number of carbonyl (C=O) groups excluding carboxylic acids is 1. The van der Waals surface area contributed by atoms with Crippen LogP contribution in [0.4, 0.5) is 5.69 Å². The van der Waals surface area contributed by atoms with Gasteiger partial charge in [0, 0.05) is 11.1 Å². The van der Waals surface area contributed by atoms with E-state index in [0.717, 1.165) is 11.3 Å². The van der Waals surface area contributed by atoms with Crippen molar-refractivity contribution in [2.45, 2.75) is 13.0 Å². The molecule has 0 N–H and O–H groups in total. The number of benzene rings is 2. The third-order valence-electron chi connectivity index (χ3n) is 5.05. The Morgan fingerprint density at radius 2 is 1.94 bits per heavy atom. The van der Waals surface area contributed by atoms with E-state index in [1.165, 1.54) is 29.9 Å². The highest BCUT2D eigenvalue weighted by Crippen LogP contribution is 2.35. The highest BCUT2D eigenvalue weighted by atomic mass is 35.5. The first kappa shape index (κ1) is 21.7. The third kappa shape index (κ3) is 3.65. The van der Waals surface area contributed by atoms with Gasteiger partial charge in [0.25, 0.3) is 11.2 Å². The van der Waals surface area contributed by atoms with E-state index in [0.29, 0.717) is 25.6 Å². The van der Waals surface area contributed by atoms with Gasteiger partial charge in [0.15, 0.2) is 4.80 Å².